The molecule has 0 saturated heterocycles. The Bertz CT molecular complexity index is 774. The van der Waals surface area contributed by atoms with E-state index in [1.807, 2.05) is 12.1 Å². The van der Waals surface area contributed by atoms with Crippen LogP contribution in [-0.2, 0) is 16.6 Å². The molecule has 1 fully saturated rings. The molecule has 1 aromatic carbocycles. The van der Waals surface area contributed by atoms with Gasteiger partial charge in [0, 0.05) is 30.0 Å². The topological polar surface area (TPSA) is 50.3 Å². The molecule has 0 radical (unpaired) electrons. The quantitative estimate of drug-likeness (QED) is 0.840. The summed E-state index contributed by atoms with van der Waals surface area (Å²) in [5, 5.41) is 0.434. The molecule has 1 heterocycles. The smallest absolute Gasteiger partial charge is 0.243 e. The van der Waals surface area contributed by atoms with E-state index >= 15 is 0 Å². The van der Waals surface area contributed by atoms with Gasteiger partial charge in [0.25, 0.3) is 0 Å². The average molecular weight is 337 g/mol. The van der Waals surface area contributed by atoms with Gasteiger partial charge >= 0.3 is 0 Å². The Morgan fingerprint density at radius 3 is 2.55 bits per heavy atom. The SMILES string of the molecule is Cc1ccc(Cl)cc1S(=O)(=O)N(Cc1ccncc1)C1CC1. The Morgan fingerprint density at radius 2 is 1.91 bits per heavy atom. The van der Waals surface area contributed by atoms with Gasteiger partial charge in [-0.05, 0) is 55.2 Å². The second kappa shape index (κ2) is 5.99. The summed E-state index contributed by atoms with van der Waals surface area (Å²) in [5.41, 5.74) is 1.65. The molecule has 0 atom stereocenters. The number of halogens is 1. The average Bonchev–Trinajstić information content (AvgIpc) is 3.32. The van der Waals surface area contributed by atoms with Crippen molar-refractivity contribution < 1.29 is 8.42 Å². The van der Waals surface area contributed by atoms with Gasteiger partial charge in [-0.3, -0.25) is 4.98 Å². The Kier molecular flexibility index (Phi) is 4.21. The predicted molar refractivity (Wildman–Crippen MR) is 86.2 cm³/mol. The van der Waals surface area contributed by atoms with Gasteiger partial charge in [-0.1, -0.05) is 17.7 Å². The van der Waals surface area contributed by atoms with Crippen LogP contribution in [-0.4, -0.2) is 23.7 Å². The Balaban J connectivity index is 1.98. The van der Waals surface area contributed by atoms with Crippen LogP contribution in [0.2, 0.25) is 5.02 Å². The van der Waals surface area contributed by atoms with Crippen LogP contribution in [0.3, 0.4) is 0 Å². The van der Waals surface area contributed by atoms with Gasteiger partial charge in [-0.25, -0.2) is 8.42 Å². The fraction of sp³-hybridized carbons (Fsp3) is 0.312. The molecule has 1 aliphatic carbocycles. The first-order chi connectivity index (χ1) is 10.5. The molecular weight excluding hydrogens is 320 g/mol. The van der Waals surface area contributed by atoms with Crippen LogP contribution in [0.25, 0.3) is 0 Å². The molecule has 2 aromatic rings. The van der Waals surface area contributed by atoms with E-state index in [1.165, 1.54) is 6.07 Å². The molecule has 1 saturated carbocycles. The zero-order chi connectivity index (χ0) is 15.7. The maximum atomic E-state index is 13.0. The predicted octanol–water partition coefficient (Wildman–Crippen LogP) is 3.40. The van der Waals surface area contributed by atoms with Crippen LogP contribution < -0.4 is 0 Å². The first-order valence-electron chi connectivity index (χ1n) is 7.15. The zero-order valence-corrected chi connectivity index (χ0v) is 13.8. The number of aryl methyl sites for hydroxylation is 1. The number of sulfonamides is 1. The first kappa shape index (κ1) is 15.5. The minimum atomic E-state index is -3.56. The van der Waals surface area contributed by atoms with Crippen LogP contribution in [0.5, 0.6) is 0 Å². The van der Waals surface area contributed by atoms with Crippen molar-refractivity contribution in [1.82, 2.24) is 9.29 Å². The van der Waals surface area contributed by atoms with Crippen molar-refractivity contribution >= 4 is 21.6 Å². The van der Waals surface area contributed by atoms with Gasteiger partial charge in [-0.2, -0.15) is 4.31 Å². The second-order valence-corrected chi connectivity index (χ2v) is 7.84. The van der Waals surface area contributed by atoms with Crippen LogP contribution in [0.1, 0.15) is 24.0 Å². The summed E-state index contributed by atoms with van der Waals surface area (Å²) in [4.78, 5) is 4.27. The largest absolute Gasteiger partial charge is 0.265 e. The first-order valence-corrected chi connectivity index (χ1v) is 8.97. The monoisotopic (exact) mass is 336 g/mol. The molecule has 0 bridgehead atoms. The standard InChI is InChI=1S/C16H17ClN2O2S/c1-12-2-3-14(17)10-16(12)22(20,21)19(15-4-5-15)11-13-6-8-18-9-7-13/h2-3,6-10,15H,4-5,11H2,1H3. The molecule has 0 N–H and O–H groups in total. The summed E-state index contributed by atoms with van der Waals surface area (Å²) in [6, 6.07) is 8.75. The fourth-order valence-electron chi connectivity index (χ4n) is 2.42. The molecule has 1 aromatic heterocycles. The van der Waals surface area contributed by atoms with Gasteiger partial charge in [0.05, 0.1) is 4.90 Å². The van der Waals surface area contributed by atoms with Crippen molar-refractivity contribution in [2.24, 2.45) is 0 Å². The van der Waals surface area contributed by atoms with Crippen LogP contribution >= 0.6 is 11.6 Å². The van der Waals surface area contributed by atoms with Gasteiger partial charge in [0.2, 0.25) is 10.0 Å². The molecule has 6 heteroatoms. The number of hydrogen-bond acceptors (Lipinski definition) is 3. The third-order valence-electron chi connectivity index (χ3n) is 3.78. The van der Waals surface area contributed by atoms with E-state index in [2.05, 4.69) is 4.98 Å². The van der Waals surface area contributed by atoms with Crippen LogP contribution in [0.4, 0.5) is 0 Å². The summed E-state index contributed by atoms with van der Waals surface area (Å²) in [6.07, 6.45) is 5.17. The third kappa shape index (κ3) is 3.16. The second-order valence-electron chi connectivity index (χ2n) is 5.55. The highest BCUT2D eigenvalue weighted by Crippen LogP contribution is 2.35. The van der Waals surface area contributed by atoms with Crippen molar-refractivity contribution in [3.8, 4) is 0 Å². The van der Waals surface area contributed by atoms with Gasteiger partial charge in [-0.15, -0.1) is 0 Å². The molecule has 1 aliphatic rings. The van der Waals surface area contributed by atoms with E-state index in [9.17, 15) is 8.42 Å². The van der Waals surface area contributed by atoms with Crippen LogP contribution in [0, 0.1) is 6.92 Å². The number of rotatable bonds is 5. The summed E-state index contributed by atoms with van der Waals surface area (Å²) >= 11 is 5.99. The zero-order valence-electron chi connectivity index (χ0n) is 12.2. The lowest BCUT2D eigenvalue weighted by molar-refractivity contribution is 0.398. The lowest BCUT2D eigenvalue weighted by atomic mass is 10.2. The minimum absolute atomic E-state index is 0.0801. The Morgan fingerprint density at radius 1 is 1.23 bits per heavy atom. The van der Waals surface area contributed by atoms with Gasteiger partial charge in [0.1, 0.15) is 0 Å². The Labute approximate surface area is 135 Å². The van der Waals surface area contributed by atoms with E-state index in [0.717, 1.165) is 18.4 Å². The van der Waals surface area contributed by atoms with Crippen molar-refractivity contribution in [3.05, 3.63) is 58.9 Å². The van der Waals surface area contributed by atoms with E-state index in [4.69, 9.17) is 11.6 Å². The molecule has 116 valence electrons. The molecule has 22 heavy (non-hydrogen) atoms. The molecule has 0 aliphatic heterocycles. The third-order valence-corrected chi connectivity index (χ3v) is 6.05. The number of nitrogens with zero attached hydrogens (tertiary/aromatic N) is 2. The highest BCUT2D eigenvalue weighted by Gasteiger charge is 2.38. The minimum Gasteiger partial charge on any atom is -0.265 e. The summed E-state index contributed by atoms with van der Waals surface area (Å²) in [6.45, 7) is 2.15. The van der Waals surface area contributed by atoms with Gasteiger partial charge in [0.15, 0.2) is 0 Å². The van der Waals surface area contributed by atoms with E-state index < -0.39 is 10.0 Å². The number of aromatic nitrogens is 1. The van der Waals surface area contributed by atoms with E-state index in [0.29, 0.717) is 22.0 Å². The summed E-state index contributed by atoms with van der Waals surface area (Å²) in [7, 11) is -3.56. The molecule has 0 unspecified atom stereocenters. The summed E-state index contributed by atoms with van der Waals surface area (Å²) < 4.78 is 27.7. The van der Waals surface area contributed by atoms with E-state index in [-0.39, 0.29) is 6.04 Å². The van der Waals surface area contributed by atoms with Crippen molar-refractivity contribution in [1.29, 1.82) is 0 Å². The Hall–Kier alpha value is -1.43. The normalized spacial score (nSPS) is 15.2. The van der Waals surface area contributed by atoms with Crippen molar-refractivity contribution in [3.63, 3.8) is 0 Å². The van der Waals surface area contributed by atoms with Crippen molar-refractivity contribution in [2.75, 3.05) is 0 Å². The van der Waals surface area contributed by atoms with Gasteiger partial charge < -0.3 is 0 Å². The number of pyridine rings is 1. The van der Waals surface area contributed by atoms with Crippen LogP contribution in [0.15, 0.2) is 47.6 Å². The molecule has 0 spiro atoms. The summed E-state index contributed by atoms with van der Waals surface area (Å²) in [5.74, 6) is 0. The highest BCUT2D eigenvalue weighted by atomic mass is 35.5. The maximum Gasteiger partial charge on any atom is 0.243 e. The molecular formula is C16H17ClN2O2S. The number of hydrogen-bond donors (Lipinski definition) is 0. The number of benzene rings is 1. The molecule has 4 nitrogen and oxygen atoms in total. The maximum absolute atomic E-state index is 13.0. The lowest BCUT2D eigenvalue weighted by Gasteiger charge is -2.23. The van der Waals surface area contributed by atoms with E-state index in [1.54, 1.807) is 35.8 Å². The molecule has 0 amide bonds. The lowest BCUT2D eigenvalue weighted by Crippen LogP contribution is -2.33. The molecule has 3 rings (SSSR count). The highest BCUT2D eigenvalue weighted by molar-refractivity contribution is 7.89. The van der Waals surface area contributed by atoms with Crippen molar-refractivity contribution in [2.45, 2.75) is 37.2 Å². The fourth-order valence-corrected chi connectivity index (χ4v) is 4.58.